The molecule has 0 unspecified atom stereocenters. The van der Waals surface area contributed by atoms with Crippen LogP contribution >= 0.6 is 0 Å². The molecule has 0 aliphatic carbocycles. The van der Waals surface area contributed by atoms with Gasteiger partial charge < -0.3 is 16.0 Å². The third-order valence-electron chi connectivity index (χ3n) is 2.19. The molecule has 9 nitrogen and oxygen atoms in total. The van der Waals surface area contributed by atoms with E-state index < -0.39 is 15.6 Å². The van der Waals surface area contributed by atoms with Gasteiger partial charge in [-0.2, -0.15) is 15.0 Å². The molecule has 0 spiro atoms. The minimum absolute atomic E-state index is 0.0973. The van der Waals surface area contributed by atoms with Crippen LogP contribution in [0.2, 0.25) is 0 Å². The summed E-state index contributed by atoms with van der Waals surface area (Å²) in [4.78, 5) is 13.8. The maximum Gasteiger partial charge on any atom is 0.231 e. The fraction of sp³-hybridized carbons (Fsp3) is 0.700. The highest BCUT2D eigenvalue weighted by molar-refractivity contribution is 7.88. The van der Waals surface area contributed by atoms with E-state index in [1.165, 1.54) is 0 Å². The Labute approximate surface area is 119 Å². The predicted octanol–water partition coefficient (Wildman–Crippen LogP) is -0.740. The molecule has 0 saturated heterocycles. The monoisotopic (exact) mass is 303 g/mol. The van der Waals surface area contributed by atoms with Gasteiger partial charge in [-0.05, 0) is 13.8 Å². The molecule has 0 aliphatic rings. The molecular weight excluding hydrogens is 282 g/mol. The second kappa shape index (κ2) is 5.75. The van der Waals surface area contributed by atoms with Gasteiger partial charge in [0.1, 0.15) is 0 Å². The Kier molecular flexibility index (Phi) is 4.71. The molecule has 1 aromatic heterocycles. The first-order chi connectivity index (χ1) is 8.98. The van der Waals surface area contributed by atoms with Gasteiger partial charge >= 0.3 is 0 Å². The van der Waals surface area contributed by atoms with Crippen LogP contribution in [0, 0.1) is 0 Å². The molecule has 0 saturated carbocycles. The Balaban J connectivity index is 2.79. The molecule has 0 fully saturated rings. The minimum atomic E-state index is -3.29. The standard InChI is InChI=1S/C10H21N7O2S/c1-10(2,16-20(5,18)19)6-12-8-13-7(11)14-9(15-8)17(3)4/h16H,6H2,1-5H3,(H3,11,12,13,14,15). The Morgan fingerprint density at radius 1 is 1.25 bits per heavy atom. The van der Waals surface area contributed by atoms with E-state index in [1.807, 2.05) is 0 Å². The molecular formula is C10H21N7O2S. The first kappa shape index (κ1) is 16.4. The van der Waals surface area contributed by atoms with Crippen molar-refractivity contribution in [3.63, 3.8) is 0 Å². The van der Waals surface area contributed by atoms with Gasteiger partial charge in [0.05, 0.1) is 6.26 Å². The van der Waals surface area contributed by atoms with Crippen molar-refractivity contribution in [3.8, 4) is 0 Å². The maximum atomic E-state index is 11.2. The van der Waals surface area contributed by atoms with Crippen LogP contribution in [-0.2, 0) is 10.0 Å². The minimum Gasteiger partial charge on any atom is -0.368 e. The maximum absolute atomic E-state index is 11.2. The summed E-state index contributed by atoms with van der Waals surface area (Å²) in [6.45, 7) is 3.80. The van der Waals surface area contributed by atoms with Gasteiger partial charge in [0.2, 0.25) is 27.9 Å². The van der Waals surface area contributed by atoms with Gasteiger partial charge in [-0.15, -0.1) is 0 Å². The van der Waals surface area contributed by atoms with Crippen LogP contribution in [0.1, 0.15) is 13.8 Å². The van der Waals surface area contributed by atoms with Crippen LogP contribution in [-0.4, -0.2) is 55.8 Å². The average molecular weight is 303 g/mol. The molecule has 1 heterocycles. The third-order valence-corrected chi connectivity index (χ3v) is 3.11. The molecule has 4 N–H and O–H groups in total. The topological polar surface area (TPSA) is 126 Å². The summed E-state index contributed by atoms with van der Waals surface area (Å²) < 4.78 is 25.0. The lowest BCUT2D eigenvalue weighted by atomic mass is 10.1. The van der Waals surface area contributed by atoms with E-state index in [0.29, 0.717) is 18.4 Å². The lowest BCUT2D eigenvalue weighted by Crippen LogP contribution is -2.48. The first-order valence-electron chi connectivity index (χ1n) is 5.90. The van der Waals surface area contributed by atoms with Crippen molar-refractivity contribution in [2.45, 2.75) is 19.4 Å². The fourth-order valence-electron chi connectivity index (χ4n) is 1.50. The molecule has 0 aromatic carbocycles. The van der Waals surface area contributed by atoms with Crippen molar-refractivity contribution < 1.29 is 8.42 Å². The second-order valence-corrected chi connectivity index (χ2v) is 7.07. The number of hydrogen-bond donors (Lipinski definition) is 3. The summed E-state index contributed by atoms with van der Waals surface area (Å²) in [6, 6.07) is 0. The molecule has 0 amide bonds. The van der Waals surface area contributed by atoms with Crippen LogP contribution < -0.4 is 20.7 Å². The van der Waals surface area contributed by atoms with Crippen molar-refractivity contribution in [1.29, 1.82) is 0 Å². The van der Waals surface area contributed by atoms with Gasteiger partial charge in [0.25, 0.3) is 0 Å². The highest BCUT2D eigenvalue weighted by Gasteiger charge is 2.22. The van der Waals surface area contributed by atoms with E-state index in [2.05, 4.69) is 25.0 Å². The molecule has 0 radical (unpaired) electrons. The predicted molar refractivity (Wildman–Crippen MR) is 79.1 cm³/mol. The summed E-state index contributed by atoms with van der Waals surface area (Å²) in [7, 11) is 0.279. The van der Waals surface area contributed by atoms with Crippen molar-refractivity contribution in [3.05, 3.63) is 0 Å². The van der Waals surface area contributed by atoms with Crippen molar-refractivity contribution >= 4 is 27.9 Å². The Bertz CT molecular complexity index is 571. The third kappa shape index (κ3) is 5.53. The average Bonchev–Trinajstić information content (AvgIpc) is 2.22. The number of nitrogen functional groups attached to an aromatic ring is 1. The zero-order valence-electron chi connectivity index (χ0n) is 12.3. The van der Waals surface area contributed by atoms with Crippen LogP contribution in [0.15, 0.2) is 0 Å². The number of nitrogens with one attached hydrogen (secondary N) is 2. The largest absolute Gasteiger partial charge is 0.368 e. The molecule has 0 atom stereocenters. The number of anilines is 3. The fourth-order valence-corrected chi connectivity index (χ4v) is 2.57. The molecule has 20 heavy (non-hydrogen) atoms. The van der Waals surface area contributed by atoms with Crippen molar-refractivity contribution in [2.75, 3.05) is 42.8 Å². The van der Waals surface area contributed by atoms with Crippen LogP contribution in [0.25, 0.3) is 0 Å². The number of rotatable bonds is 6. The zero-order valence-corrected chi connectivity index (χ0v) is 13.1. The van der Waals surface area contributed by atoms with E-state index in [0.717, 1.165) is 6.26 Å². The van der Waals surface area contributed by atoms with Crippen LogP contribution in [0.4, 0.5) is 17.8 Å². The SMILES string of the molecule is CN(C)c1nc(N)nc(NCC(C)(C)NS(C)(=O)=O)n1. The molecule has 0 bridgehead atoms. The number of hydrogen-bond acceptors (Lipinski definition) is 8. The van der Waals surface area contributed by atoms with Crippen LogP contribution in [0.3, 0.4) is 0 Å². The summed E-state index contributed by atoms with van der Waals surface area (Å²) in [5, 5.41) is 2.95. The lowest BCUT2D eigenvalue weighted by molar-refractivity contribution is 0.475. The number of aromatic nitrogens is 3. The first-order valence-corrected chi connectivity index (χ1v) is 7.79. The van der Waals surface area contributed by atoms with E-state index in [9.17, 15) is 8.42 Å². The smallest absolute Gasteiger partial charge is 0.231 e. The Hall–Kier alpha value is -1.68. The zero-order chi connectivity index (χ0) is 15.6. The van der Waals surface area contributed by atoms with Crippen molar-refractivity contribution in [1.82, 2.24) is 19.7 Å². The van der Waals surface area contributed by atoms with Gasteiger partial charge in [-0.3, -0.25) is 0 Å². The van der Waals surface area contributed by atoms with Crippen LogP contribution in [0.5, 0.6) is 0 Å². The number of nitrogens with two attached hydrogens (primary N) is 1. The van der Waals surface area contributed by atoms with E-state index >= 15 is 0 Å². The van der Waals surface area contributed by atoms with E-state index in [1.54, 1.807) is 32.8 Å². The van der Waals surface area contributed by atoms with Gasteiger partial charge in [-0.1, -0.05) is 0 Å². The number of nitrogens with zero attached hydrogens (tertiary/aromatic N) is 4. The summed E-state index contributed by atoms with van der Waals surface area (Å²) >= 11 is 0. The quantitative estimate of drug-likeness (QED) is 0.627. The number of sulfonamides is 1. The van der Waals surface area contributed by atoms with Gasteiger partial charge in [-0.25, -0.2) is 13.1 Å². The highest BCUT2D eigenvalue weighted by Crippen LogP contribution is 2.11. The summed E-state index contributed by atoms with van der Waals surface area (Å²) in [5.74, 6) is 0.818. The van der Waals surface area contributed by atoms with E-state index in [-0.39, 0.29) is 5.95 Å². The molecule has 1 aromatic rings. The normalized spacial score (nSPS) is 12.2. The lowest BCUT2D eigenvalue weighted by Gasteiger charge is -2.25. The molecule has 10 heteroatoms. The Morgan fingerprint density at radius 3 is 2.35 bits per heavy atom. The van der Waals surface area contributed by atoms with Crippen molar-refractivity contribution in [2.24, 2.45) is 0 Å². The molecule has 114 valence electrons. The second-order valence-electron chi connectivity index (χ2n) is 5.32. The summed E-state index contributed by atoms with van der Waals surface area (Å²) in [5.41, 5.74) is 4.91. The van der Waals surface area contributed by atoms with E-state index in [4.69, 9.17) is 5.73 Å². The summed E-state index contributed by atoms with van der Waals surface area (Å²) in [6.07, 6.45) is 1.11. The Morgan fingerprint density at radius 2 is 1.85 bits per heavy atom. The highest BCUT2D eigenvalue weighted by atomic mass is 32.2. The van der Waals surface area contributed by atoms with Gasteiger partial charge in [0, 0.05) is 26.2 Å². The van der Waals surface area contributed by atoms with Gasteiger partial charge in [0.15, 0.2) is 0 Å². The molecule has 1 rings (SSSR count). The molecule has 0 aliphatic heterocycles.